The third-order valence-corrected chi connectivity index (χ3v) is 6.71. The molecule has 1 aliphatic carbocycles. The van der Waals surface area contributed by atoms with Gasteiger partial charge < -0.3 is 14.5 Å². The minimum atomic E-state index is -0.364. The minimum absolute atomic E-state index is 0.0997. The highest BCUT2D eigenvalue weighted by molar-refractivity contribution is 7.08. The predicted octanol–water partition coefficient (Wildman–Crippen LogP) is 2.77. The fraction of sp³-hybridized carbons (Fsp3) is 0.684. The van der Waals surface area contributed by atoms with Crippen LogP contribution in [0.2, 0.25) is 0 Å². The van der Waals surface area contributed by atoms with Gasteiger partial charge in [-0.25, -0.2) is 0 Å². The van der Waals surface area contributed by atoms with E-state index < -0.39 is 0 Å². The first-order valence-electron chi connectivity index (χ1n) is 9.38. The van der Waals surface area contributed by atoms with Gasteiger partial charge in [-0.3, -0.25) is 9.59 Å². The maximum absolute atomic E-state index is 12.7. The number of piperidine rings is 1. The van der Waals surface area contributed by atoms with Crippen LogP contribution in [0.3, 0.4) is 0 Å². The molecule has 3 heterocycles. The maximum atomic E-state index is 12.7. The van der Waals surface area contributed by atoms with Crippen LogP contribution in [-0.4, -0.2) is 60.0 Å². The Bertz CT molecular complexity index is 619. The molecule has 1 saturated carbocycles. The van der Waals surface area contributed by atoms with Gasteiger partial charge in [0.15, 0.2) is 0 Å². The highest BCUT2D eigenvalue weighted by Gasteiger charge is 2.42. The van der Waals surface area contributed by atoms with Crippen LogP contribution in [0.15, 0.2) is 16.8 Å². The zero-order valence-corrected chi connectivity index (χ0v) is 15.4. The molecular formula is C19H26N2O3S. The van der Waals surface area contributed by atoms with E-state index in [-0.39, 0.29) is 17.4 Å². The summed E-state index contributed by atoms with van der Waals surface area (Å²) in [6, 6.07) is 1.88. The van der Waals surface area contributed by atoms with Crippen LogP contribution < -0.4 is 0 Å². The van der Waals surface area contributed by atoms with Crippen molar-refractivity contribution in [2.75, 3.05) is 32.8 Å². The van der Waals surface area contributed by atoms with Crippen molar-refractivity contribution in [3.05, 3.63) is 22.4 Å². The van der Waals surface area contributed by atoms with E-state index in [1.54, 1.807) is 11.3 Å². The molecule has 3 fully saturated rings. The summed E-state index contributed by atoms with van der Waals surface area (Å²) >= 11 is 1.55. The van der Waals surface area contributed by atoms with Gasteiger partial charge in [-0.15, -0.1) is 0 Å². The molecule has 2 saturated heterocycles. The van der Waals surface area contributed by atoms with E-state index in [1.165, 1.54) is 19.3 Å². The lowest BCUT2D eigenvalue weighted by molar-refractivity contribution is -0.135. The number of amides is 2. The Morgan fingerprint density at radius 2 is 2.08 bits per heavy atom. The average Bonchev–Trinajstić information content (AvgIpc) is 3.06. The topological polar surface area (TPSA) is 49.9 Å². The smallest absolute Gasteiger partial charge is 0.254 e. The normalized spacial score (nSPS) is 24.2. The molecule has 4 rings (SSSR count). The van der Waals surface area contributed by atoms with E-state index in [0.717, 1.165) is 24.9 Å². The third-order valence-electron chi connectivity index (χ3n) is 6.03. The Morgan fingerprint density at radius 3 is 2.72 bits per heavy atom. The lowest BCUT2D eigenvalue weighted by Crippen LogP contribution is -2.49. The van der Waals surface area contributed by atoms with Gasteiger partial charge in [-0.1, -0.05) is 6.42 Å². The van der Waals surface area contributed by atoms with Crippen molar-refractivity contribution in [2.45, 2.75) is 44.1 Å². The number of hydrogen-bond donors (Lipinski definition) is 0. The van der Waals surface area contributed by atoms with Crippen molar-refractivity contribution < 1.29 is 14.3 Å². The summed E-state index contributed by atoms with van der Waals surface area (Å²) in [7, 11) is 0. The summed E-state index contributed by atoms with van der Waals surface area (Å²) < 4.78 is 6.19. The van der Waals surface area contributed by atoms with Crippen molar-refractivity contribution in [3.8, 4) is 0 Å². The number of likely N-dealkylation sites (tertiary alicyclic amines) is 1. The first-order valence-corrected chi connectivity index (χ1v) is 10.3. The molecule has 1 aromatic heterocycles. The van der Waals surface area contributed by atoms with Crippen LogP contribution in [0.4, 0.5) is 0 Å². The molecule has 2 aliphatic heterocycles. The molecule has 6 heteroatoms. The quantitative estimate of drug-likeness (QED) is 0.831. The highest BCUT2D eigenvalue weighted by Crippen LogP contribution is 2.34. The van der Waals surface area contributed by atoms with Gasteiger partial charge in [0.1, 0.15) is 0 Å². The van der Waals surface area contributed by atoms with E-state index in [9.17, 15) is 9.59 Å². The standard InChI is InChI=1S/C19H26N2O3S/c22-17-12-19(24-10-9-21(17)13-15-2-1-3-15)5-7-20(8-6-19)18(23)16-4-11-25-14-16/h4,11,14-15H,1-3,5-10,12-13H2. The molecular weight excluding hydrogens is 336 g/mol. The predicted molar refractivity (Wildman–Crippen MR) is 96.7 cm³/mol. The highest BCUT2D eigenvalue weighted by atomic mass is 32.1. The lowest BCUT2D eigenvalue weighted by atomic mass is 9.84. The summed E-state index contributed by atoms with van der Waals surface area (Å²) in [5.74, 6) is 1.03. The van der Waals surface area contributed by atoms with Crippen LogP contribution in [0.5, 0.6) is 0 Å². The van der Waals surface area contributed by atoms with Gasteiger partial charge in [-0.05, 0) is 43.0 Å². The Labute approximate surface area is 152 Å². The second kappa shape index (κ2) is 7.08. The van der Waals surface area contributed by atoms with Gasteiger partial charge in [0.25, 0.3) is 5.91 Å². The zero-order valence-electron chi connectivity index (χ0n) is 14.6. The molecule has 1 spiro atoms. The fourth-order valence-corrected chi connectivity index (χ4v) is 4.75. The van der Waals surface area contributed by atoms with E-state index >= 15 is 0 Å². The number of thiophene rings is 1. The second-order valence-corrected chi connectivity index (χ2v) is 8.43. The Morgan fingerprint density at radius 1 is 1.28 bits per heavy atom. The Kier molecular flexibility index (Phi) is 4.82. The molecule has 136 valence electrons. The molecule has 0 radical (unpaired) electrons. The van der Waals surface area contributed by atoms with Gasteiger partial charge >= 0.3 is 0 Å². The Balaban J connectivity index is 1.35. The number of carbonyl (C=O) groups is 2. The molecule has 0 bridgehead atoms. The number of rotatable bonds is 3. The van der Waals surface area contributed by atoms with Gasteiger partial charge in [0.2, 0.25) is 5.91 Å². The van der Waals surface area contributed by atoms with Crippen LogP contribution in [0.25, 0.3) is 0 Å². The van der Waals surface area contributed by atoms with E-state index in [2.05, 4.69) is 0 Å². The zero-order chi connectivity index (χ0) is 17.3. The summed E-state index contributed by atoms with van der Waals surface area (Å²) in [4.78, 5) is 29.1. The van der Waals surface area contributed by atoms with Crippen LogP contribution in [0.1, 0.15) is 48.9 Å². The molecule has 2 amide bonds. The van der Waals surface area contributed by atoms with Crippen molar-refractivity contribution in [1.29, 1.82) is 0 Å². The number of hydrogen-bond acceptors (Lipinski definition) is 4. The van der Waals surface area contributed by atoms with Crippen LogP contribution in [0, 0.1) is 5.92 Å². The van der Waals surface area contributed by atoms with E-state index in [1.807, 2.05) is 26.6 Å². The summed E-state index contributed by atoms with van der Waals surface area (Å²) in [5, 5.41) is 3.83. The first-order chi connectivity index (χ1) is 12.2. The number of ether oxygens (including phenoxy) is 1. The SMILES string of the molecule is O=C1CC2(CCN(C(=O)c3ccsc3)CC2)OCCN1CC1CCC1. The van der Waals surface area contributed by atoms with E-state index in [4.69, 9.17) is 4.74 Å². The van der Waals surface area contributed by atoms with Crippen molar-refractivity contribution >= 4 is 23.2 Å². The number of nitrogens with zero attached hydrogens (tertiary/aromatic N) is 2. The molecule has 0 atom stereocenters. The summed E-state index contributed by atoms with van der Waals surface area (Å²) in [6.07, 6.45) is 5.81. The first kappa shape index (κ1) is 17.0. The average molecular weight is 362 g/mol. The second-order valence-electron chi connectivity index (χ2n) is 7.65. The largest absolute Gasteiger partial charge is 0.372 e. The van der Waals surface area contributed by atoms with Crippen molar-refractivity contribution in [1.82, 2.24) is 9.80 Å². The lowest BCUT2D eigenvalue weighted by Gasteiger charge is -2.40. The molecule has 0 aromatic carbocycles. The van der Waals surface area contributed by atoms with Crippen LogP contribution >= 0.6 is 11.3 Å². The molecule has 5 nitrogen and oxygen atoms in total. The summed E-state index contributed by atoms with van der Waals surface area (Å²) in [5.41, 5.74) is 0.405. The third kappa shape index (κ3) is 3.60. The minimum Gasteiger partial charge on any atom is -0.372 e. The van der Waals surface area contributed by atoms with Gasteiger partial charge in [0.05, 0.1) is 24.2 Å². The van der Waals surface area contributed by atoms with Gasteiger partial charge in [-0.2, -0.15) is 11.3 Å². The summed E-state index contributed by atoms with van der Waals surface area (Å²) in [6.45, 7) is 3.59. The monoisotopic (exact) mass is 362 g/mol. The molecule has 3 aliphatic rings. The molecule has 1 aromatic rings. The van der Waals surface area contributed by atoms with E-state index in [0.29, 0.717) is 38.6 Å². The van der Waals surface area contributed by atoms with Crippen molar-refractivity contribution in [3.63, 3.8) is 0 Å². The number of carbonyl (C=O) groups excluding carboxylic acids is 2. The molecule has 25 heavy (non-hydrogen) atoms. The molecule has 0 unspecified atom stereocenters. The Hall–Kier alpha value is -1.40. The molecule has 0 N–H and O–H groups in total. The maximum Gasteiger partial charge on any atom is 0.254 e. The van der Waals surface area contributed by atoms with Crippen LogP contribution in [-0.2, 0) is 9.53 Å². The fourth-order valence-electron chi connectivity index (χ4n) is 4.12. The van der Waals surface area contributed by atoms with Crippen molar-refractivity contribution in [2.24, 2.45) is 5.92 Å². The van der Waals surface area contributed by atoms with Gasteiger partial charge in [0, 0.05) is 31.6 Å².